The minimum Gasteiger partial charge on any atom is -0.360 e. The van der Waals surface area contributed by atoms with Gasteiger partial charge >= 0.3 is 0 Å². The number of fused-ring (bicyclic) bond motifs is 1. The van der Waals surface area contributed by atoms with Crippen molar-refractivity contribution in [2.24, 2.45) is 0 Å². The number of aromatic amines is 1. The maximum Gasteiger partial charge on any atom is 0.195 e. The van der Waals surface area contributed by atoms with Crippen molar-refractivity contribution in [1.82, 2.24) is 19.7 Å². The van der Waals surface area contributed by atoms with Crippen LogP contribution in [0.15, 0.2) is 59.9 Å². The molecule has 0 saturated heterocycles. The summed E-state index contributed by atoms with van der Waals surface area (Å²) in [5, 5.41) is 10.5. The van der Waals surface area contributed by atoms with E-state index in [-0.39, 0.29) is 5.82 Å². The van der Waals surface area contributed by atoms with E-state index in [1.165, 1.54) is 23.9 Å². The Balaban J connectivity index is 1.96. The Morgan fingerprint density at radius 2 is 1.83 bits per heavy atom. The third-order valence-electron chi connectivity index (χ3n) is 3.73. The zero-order chi connectivity index (χ0) is 15.8. The van der Waals surface area contributed by atoms with Crippen LogP contribution < -0.4 is 0 Å². The van der Waals surface area contributed by atoms with Crippen LogP contribution in [0.1, 0.15) is 0 Å². The number of para-hydroxylation sites is 1. The standard InChI is InChI=1S/C17H13FN4S/c1-23-17-21-20-16(22(17)12-8-6-11(18)7-9-12)14-10-19-15-5-3-2-4-13(14)15/h2-10,19H,1H3. The van der Waals surface area contributed by atoms with Crippen molar-refractivity contribution in [3.8, 4) is 17.1 Å². The summed E-state index contributed by atoms with van der Waals surface area (Å²) in [5.41, 5.74) is 2.85. The van der Waals surface area contributed by atoms with Gasteiger partial charge in [0.25, 0.3) is 0 Å². The SMILES string of the molecule is CSc1nnc(-c2c[nH]c3ccccc23)n1-c1ccc(F)cc1. The number of thioether (sulfide) groups is 1. The number of halogens is 1. The molecular weight excluding hydrogens is 311 g/mol. The van der Waals surface area contributed by atoms with E-state index in [4.69, 9.17) is 0 Å². The highest BCUT2D eigenvalue weighted by molar-refractivity contribution is 7.98. The smallest absolute Gasteiger partial charge is 0.195 e. The lowest BCUT2D eigenvalue weighted by molar-refractivity contribution is 0.627. The number of hydrogen-bond acceptors (Lipinski definition) is 3. The molecule has 2 aromatic heterocycles. The Labute approximate surface area is 136 Å². The summed E-state index contributed by atoms with van der Waals surface area (Å²) in [6.07, 6.45) is 3.88. The molecule has 0 bridgehead atoms. The lowest BCUT2D eigenvalue weighted by Gasteiger charge is -2.08. The fourth-order valence-corrected chi connectivity index (χ4v) is 3.15. The topological polar surface area (TPSA) is 46.5 Å². The number of H-pyrrole nitrogens is 1. The fraction of sp³-hybridized carbons (Fsp3) is 0.0588. The molecule has 4 aromatic rings. The van der Waals surface area contributed by atoms with Crippen molar-refractivity contribution >= 4 is 22.7 Å². The maximum absolute atomic E-state index is 13.2. The van der Waals surface area contributed by atoms with Crippen molar-refractivity contribution in [2.75, 3.05) is 6.26 Å². The van der Waals surface area contributed by atoms with Gasteiger partial charge < -0.3 is 4.98 Å². The number of rotatable bonds is 3. The van der Waals surface area contributed by atoms with Gasteiger partial charge in [0, 0.05) is 28.4 Å². The van der Waals surface area contributed by atoms with Crippen molar-refractivity contribution in [3.63, 3.8) is 0 Å². The number of aromatic nitrogens is 4. The van der Waals surface area contributed by atoms with Crippen LogP contribution in [-0.4, -0.2) is 26.0 Å². The van der Waals surface area contributed by atoms with Gasteiger partial charge in [0.05, 0.1) is 0 Å². The van der Waals surface area contributed by atoms with Gasteiger partial charge in [-0.3, -0.25) is 4.57 Å². The van der Waals surface area contributed by atoms with Crippen LogP contribution >= 0.6 is 11.8 Å². The summed E-state index contributed by atoms with van der Waals surface area (Å²) in [4.78, 5) is 3.25. The Hall–Kier alpha value is -2.60. The Morgan fingerprint density at radius 3 is 2.61 bits per heavy atom. The normalized spacial score (nSPS) is 11.2. The molecule has 0 aliphatic rings. The molecule has 0 aliphatic carbocycles. The molecule has 4 nitrogen and oxygen atoms in total. The second-order valence-electron chi connectivity index (χ2n) is 5.07. The molecule has 0 aliphatic heterocycles. The summed E-state index contributed by atoms with van der Waals surface area (Å²) in [7, 11) is 0. The zero-order valence-electron chi connectivity index (χ0n) is 12.3. The minimum absolute atomic E-state index is 0.263. The molecule has 2 aromatic carbocycles. The van der Waals surface area contributed by atoms with E-state index in [1.54, 1.807) is 12.1 Å². The molecule has 4 rings (SSSR count). The monoisotopic (exact) mass is 324 g/mol. The van der Waals surface area contributed by atoms with Gasteiger partial charge in [-0.15, -0.1) is 10.2 Å². The van der Waals surface area contributed by atoms with Crippen LogP contribution in [0.25, 0.3) is 28.0 Å². The quantitative estimate of drug-likeness (QED) is 0.572. The van der Waals surface area contributed by atoms with Gasteiger partial charge in [0.2, 0.25) is 0 Å². The minimum atomic E-state index is -0.263. The fourth-order valence-electron chi connectivity index (χ4n) is 2.66. The molecule has 0 amide bonds. The van der Waals surface area contributed by atoms with Crippen molar-refractivity contribution in [1.29, 1.82) is 0 Å². The molecule has 0 fully saturated rings. The first-order valence-electron chi connectivity index (χ1n) is 7.10. The molecule has 6 heteroatoms. The van der Waals surface area contributed by atoms with E-state index in [1.807, 2.05) is 41.3 Å². The van der Waals surface area contributed by atoms with E-state index in [0.29, 0.717) is 0 Å². The Bertz CT molecular complexity index is 972. The van der Waals surface area contributed by atoms with Gasteiger partial charge in [-0.1, -0.05) is 30.0 Å². The highest BCUT2D eigenvalue weighted by Gasteiger charge is 2.17. The molecule has 0 unspecified atom stereocenters. The summed E-state index contributed by atoms with van der Waals surface area (Å²) >= 11 is 1.50. The van der Waals surface area contributed by atoms with Crippen LogP contribution in [0.3, 0.4) is 0 Å². The number of nitrogens with zero attached hydrogens (tertiary/aromatic N) is 3. The molecular formula is C17H13FN4S. The summed E-state index contributed by atoms with van der Waals surface area (Å²) in [5.74, 6) is 0.472. The molecule has 0 saturated carbocycles. The highest BCUT2D eigenvalue weighted by atomic mass is 32.2. The second kappa shape index (κ2) is 5.55. The van der Waals surface area contributed by atoms with E-state index >= 15 is 0 Å². The number of hydrogen-bond donors (Lipinski definition) is 1. The van der Waals surface area contributed by atoms with E-state index in [2.05, 4.69) is 15.2 Å². The second-order valence-corrected chi connectivity index (χ2v) is 5.84. The van der Waals surface area contributed by atoms with Crippen molar-refractivity contribution < 1.29 is 4.39 Å². The Morgan fingerprint density at radius 1 is 1.04 bits per heavy atom. The molecule has 0 radical (unpaired) electrons. The summed E-state index contributed by atoms with van der Waals surface area (Å²) < 4.78 is 15.2. The van der Waals surface area contributed by atoms with Gasteiger partial charge in [0.1, 0.15) is 5.82 Å². The zero-order valence-corrected chi connectivity index (χ0v) is 13.1. The Kier molecular flexibility index (Phi) is 3.38. The first-order chi connectivity index (χ1) is 11.3. The molecule has 1 N–H and O–H groups in total. The van der Waals surface area contributed by atoms with Crippen LogP contribution in [0, 0.1) is 5.82 Å². The van der Waals surface area contributed by atoms with Gasteiger partial charge in [-0.2, -0.15) is 0 Å². The van der Waals surface area contributed by atoms with E-state index < -0.39 is 0 Å². The predicted molar refractivity (Wildman–Crippen MR) is 90.4 cm³/mol. The molecule has 0 atom stereocenters. The third-order valence-corrected chi connectivity index (χ3v) is 4.36. The predicted octanol–water partition coefficient (Wildman–Crippen LogP) is 4.28. The first-order valence-corrected chi connectivity index (χ1v) is 8.32. The highest BCUT2D eigenvalue weighted by Crippen LogP contribution is 2.31. The number of nitrogens with one attached hydrogen (secondary N) is 1. The largest absolute Gasteiger partial charge is 0.360 e. The van der Waals surface area contributed by atoms with Gasteiger partial charge in [-0.05, 0) is 36.6 Å². The van der Waals surface area contributed by atoms with Crippen LogP contribution in [0.4, 0.5) is 4.39 Å². The van der Waals surface area contributed by atoms with Gasteiger partial charge in [0.15, 0.2) is 11.0 Å². The third kappa shape index (κ3) is 2.31. The van der Waals surface area contributed by atoms with Crippen molar-refractivity contribution in [2.45, 2.75) is 5.16 Å². The van der Waals surface area contributed by atoms with E-state index in [9.17, 15) is 4.39 Å². The molecule has 114 valence electrons. The molecule has 2 heterocycles. The van der Waals surface area contributed by atoms with Crippen molar-refractivity contribution in [3.05, 3.63) is 60.5 Å². The first kappa shape index (κ1) is 14.0. The summed E-state index contributed by atoms with van der Waals surface area (Å²) in [6, 6.07) is 14.4. The summed E-state index contributed by atoms with van der Waals surface area (Å²) in [6.45, 7) is 0. The number of benzene rings is 2. The average molecular weight is 324 g/mol. The van der Waals surface area contributed by atoms with Crippen LogP contribution in [0.5, 0.6) is 0 Å². The molecule has 23 heavy (non-hydrogen) atoms. The molecule has 0 spiro atoms. The van der Waals surface area contributed by atoms with Crippen LogP contribution in [0.2, 0.25) is 0 Å². The maximum atomic E-state index is 13.2. The lowest BCUT2D eigenvalue weighted by Crippen LogP contribution is -1.99. The average Bonchev–Trinajstić information content (AvgIpc) is 3.18. The van der Waals surface area contributed by atoms with E-state index in [0.717, 1.165) is 33.1 Å². The van der Waals surface area contributed by atoms with Crippen LogP contribution in [-0.2, 0) is 0 Å². The van der Waals surface area contributed by atoms with Gasteiger partial charge in [-0.25, -0.2) is 4.39 Å². The lowest BCUT2D eigenvalue weighted by atomic mass is 10.1.